The third-order valence-electron chi connectivity index (χ3n) is 1.44. The van der Waals surface area contributed by atoms with Gasteiger partial charge in [0, 0.05) is 5.56 Å². The maximum absolute atomic E-state index is 10.4. The zero-order chi connectivity index (χ0) is 10.6. The van der Waals surface area contributed by atoms with Crippen molar-refractivity contribution in [3.05, 3.63) is 24.8 Å². The molecule has 0 unspecified atom stereocenters. The molecule has 0 aliphatic rings. The van der Waals surface area contributed by atoms with Crippen LogP contribution < -0.4 is 4.74 Å². The first kappa shape index (κ1) is 12.5. The second-order valence-corrected chi connectivity index (χ2v) is 5.11. The maximum Gasteiger partial charge on any atom is 0.233 e. The summed E-state index contributed by atoms with van der Waals surface area (Å²) in [5, 5.41) is 0. The summed E-state index contributed by atoms with van der Waals surface area (Å²) in [7, 11) is 0. The van der Waals surface area contributed by atoms with Gasteiger partial charge in [-0.25, -0.2) is 0 Å². The molecule has 1 aromatic rings. The fraction of sp³-hybridized carbons (Fsp3) is 0.222. The van der Waals surface area contributed by atoms with Crippen LogP contribution in [-0.4, -0.2) is 18.8 Å². The van der Waals surface area contributed by atoms with Crippen LogP contribution in [0.3, 0.4) is 0 Å². The molecule has 0 aliphatic carbocycles. The Morgan fingerprint density at radius 3 is 2.36 bits per heavy atom. The Balaban J connectivity index is 2.99. The van der Waals surface area contributed by atoms with E-state index in [-0.39, 0.29) is 0 Å². The minimum atomic E-state index is 0.452. The van der Waals surface area contributed by atoms with Gasteiger partial charge in [0.05, 0.1) is 13.0 Å². The van der Waals surface area contributed by atoms with Crippen LogP contribution in [0, 0.1) is 7.14 Å². The third-order valence-corrected chi connectivity index (χ3v) is 3.20. The number of hydrogen-bond acceptors (Lipinski definition) is 2. The molecule has 0 amide bonds. The lowest BCUT2D eigenvalue weighted by atomic mass is 10.2. The van der Waals surface area contributed by atoms with Crippen LogP contribution >= 0.6 is 56.8 Å². The first-order valence-corrected chi connectivity index (χ1v) is 6.44. The summed E-state index contributed by atoms with van der Waals surface area (Å²) < 4.78 is 7.24. The van der Waals surface area contributed by atoms with Gasteiger partial charge in [-0.05, 0) is 57.3 Å². The average molecular weight is 435 g/mol. The van der Waals surface area contributed by atoms with Crippen LogP contribution in [0.15, 0.2) is 12.1 Å². The first-order valence-electron chi connectivity index (χ1n) is 3.75. The van der Waals surface area contributed by atoms with Gasteiger partial charge < -0.3 is 4.74 Å². The molecule has 14 heavy (non-hydrogen) atoms. The van der Waals surface area contributed by atoms with Crippen molar-refractivity contribution in [2.75, 3.05) is 12.5 Å². The maximum atomic E-state index is 10.4. The molecule has 0 heterocycles. The van der Waals surface area contributed by atoms with Crippen molar-refractivity contribution in [2.24, 2.45) is 0 Å². The second-order valence-electron chi connectivity index (χ2n) is 2.41. The van der Waals surface area contributed by atoms with Gasteiger partial charge in [-0.15, -0.1) is 11.6 Å². The SMILES string of the molecule is O=[C]c1cc(I)c(OCCCl)c(I)c1. The highest BCUT2D eigenvalue weighted by atomic mass is 127. The van der Waals surface area contributed by atoms with Crippen LogP contribution in [0.4, 0.5) is 0 Å². The first-order chi connectivity index (χ1) is 6.69. The quantitative estimate of drug-likeness (QED) is 0.537. The fourth-order valence-corrected chi connectivity index (χ4v) is 3.05. The predicted molar refractivity (Wildman–Crippen MR) is 72.9 cm³/mol. The summed E-state index contributed by atoms with van der Waals surface area (Å²) in [4.78, 5) is 10.4. The van der Waals surface area contributed by atoms with E-state index in [1.807, 2.05) is 6.29 Å². The molecule has 0 saturated heterocycles. The minimum Gasteiger partial charge on any atom is -0.490 e. The molecule has 0 saturated carbocycles. The van der Waals surface area contributed by atoms with Crippen molar-refractivity contribution in [2.45, 2.75) is 0 Å². The number of hydrogen-bond donors (Lipinski definition) is 0. The molecular formula is C9H6ClI2O2. The van der Waals surface area contributed by atoms with E-state index < -0.39 is 0 Å². The van der Waals surface area contributed by atoms with E-state index in [9.17, 15) is 4.79 Å². The van der Waals surface area contributed by atoms with Crippen LogP contribution in [0.1, 0.15) is 5.56 Å². The van der Waals surface area contributed by atoms with E-state index in [1.165, 1.54) is 0 Å². The van der Waals surface area contributed by atoms with Crippen molar-refractivity contribution < 1.29 is 9.53 Å². The van der Waals surface area contributed by atoms with Crippen LogP contribution in [-0.2, 0) is 4.79 Å². The van der Waals surface area contributed by atoms with Gasteiger partial charge in [0.1, 0.15) is 12.4 Å². The number of alkyl halides is 1. The lowest BCUT2D eigenvalue weighted by Crippen LogP contribution is -2.02. The van der Waals surface area contributed by atoms with E-state index in [4.69, 9.17) is 16.3 Å². The van der Waals surface area contributed by atoms with Gasteiger partial charge in [-0.1, -0.05) is 0 Å². The van der Waals surface area contributed by atoms with E-state index in [0.29, 0.717) is 18.1 Å². The molecule has 0 N–H and O–H groups in total. The Hall–Kier alpha value is 0.440. The van der Waals surface area contributed by atoms with E-state index in [0.717, 1.165) is 12.9 Å². The summed E-state index contributed by atoms with van der Waals surface area (Å²) in [6.07, 6.45) is 1.85. The topological polar surface area (TPSA) is 26.3 Å². The molecule has 1 rings (SSSR count). The zero-order valence-electron chi connectivity index (χ0n) is 7.02. The third kappa shape index (κ3) is 3.23. The molecule has 0 bridgehead atoms. The van der Waals surface area contributed by atoms with Gasteiger partial charge in [0.15, 0.2) is 0 Å². The molecule has 2 nitrogen and oxygen atoms in total. The summed E-state index contributed by atoms with van der Waals surface area (Å²) in [5.74, 6) is 1.24. The normalized spacial score (nSPS) is 9.93. The fourth-order valence-electron chi connectivity index (χ4n) is 0.897. The highest BCUT2D eigenvalue weighted by Gasteiger charge is 2.08. The predicted octanol–water partition coefficient (Wildman–Crippen LogP) is 2.97. The summed E-state index contributed by atoms with van der Waals surface area (Å²) in [6, 6.07) is 3.47. The molecule has 0 fully saturated rings. The Bertz CT molecular complexity index is 319. The van der Waals surface area contributed by atoms with Gasteiger partial charge in [-0.3, -0.25) is 4.79 Å². The number of rotatable bonds is 4. The molecule has 1 aromatic carbocycles. The number of carbonyl (C=O) groups excluding carboxylic acids is 1. The van der Waals surface area contributed by atoms with Crippen molar-refractivity contribution >= 4 is 63.1 Å². The molecule has 0 aromatic heterocycles. The van der Waals surface area contributed by atoms with Crippen LogP contribution in [0.2, 0.25) is 0 Å². The summed E-state index contributed by atoms with van der Waals surface area (Å²) >= 11 is 9.77. The van der Waals surface area contributed by atoms with E-state index in [2.05, 4.69) is 45.2 Å². The summed E-state index contributed by atoms with van der Waals surface area (Å²) in [6.45, 7) is 0.470. The lowest BCUT2D eigenvalue weighted by molar-refractivity contribution is 0.338. The van der Waals surface area contributed by atoms with Crippen molar-refractivity contribution in [3.63, 3.8) is 0 Å². The van der Waals surface area contributed by atoms with Gasteiger partial charge >= 0.3 is 0 Å². The highest BCUT2D eigenvalue weighted by Crippen LogP contribution is 2.28. The number of benzene rings is 1. The lowest BCUT2D eigenvalue weighted by Gasteiger charge is -2.09. The Morgan fingerprint density at radius 2 is 1.93 bits per heavy atom. The Morgan fingerprint density at radius 1 is 1.36 bits per heavy atom. The van der Waals surface area contributed by atoms with Gasteiger partial charge in [-0.2, -0.15) is 0 Å². The van der Waals surface area contributed by atoms with Gasteiger partial charge in [0.25, 0.3) is 0 Å². The molecule has 0 spiro atoms. The zero-order valence-corrected chi connectivity index (χ0v) is 12.1. The van der Waals surface area contributed by atoms with Crippen molar-refractivity contribution in [1.29, 1.82) is 0 Å². The largest absolute Gasteiger partial charge is 0.490 e. The molecule has 75 valence electrons. The second kappa shape index (κ2) is 6.12. The molecule has 5 heteroatoms. The van der Waals surface area contributed by atoms with E-state index >= 15 is 0 Å². The smallest absolute Gasteiger partial charge is 0.233 e. The molecule has 0 atom stereocenters. The number of halogens is 3. The van der Waals surface area contributed by atoms with Crippen LogP contribution in [0.5, 0.6) is 5.75 Å². The van der Waals surface area contributed by atoms with Crippen LogP contribution in [0.25, 0.3) is 0 Å². The van der Waals surface area contributed by atoms with E-state index in [1.54, 1.807) is 12.1 Å². The Kier molecular flexibility index (Phi) is 5.47. The Labute approximate surface area is 115 Å². The average Bonchev–Trinajstić information content (AvgIpc) is 2.16. The minimum absolute atomic E-state index is 0.452. The van der Waals surface area contributed by atoms with Gasteiger partial charge in [0.2, 0.25) is 6.29 Å². The highest BCUT2D eigenvalue weighted by molar-refractivity contribution is 14.1. The number of ether oxygens (including phenoxy) is 1. The molecule has 1 radical (unpaired) electrons. The summed E-state index contributed by atoms with van der Waals surface area (Å²) in [5.41, 5.74) is 0.539. The van der Waals surface area contributed by atoms with Crippen molar-refractivity contribution in [3.8, 4) is 5.75 Å². The molecule has 0 aliphatic heterocycles. The molecular weight excluding hydrogens is 429 g/mol. The standard InChI is InChI=1S/C9H6ClI2O2/c10-1-2-14-9-7(11)3-6(5-13)4-8(9)12/h3-4H,1-2H2. The monoisotopic (exact) mass is 435 g/mol. The van der Waals surface area contributed by atoms with Crippen molar-refractivity contribution in [1.82, 2.24) is 0 Å².